The molecule has 0 saturated heterocycles. The molecule has 0 aromatic carbocycles. The van der Waals surface area contributed by atoms with E-state index in [-0.39, 0.29) is 17.5 Å². The number of furan rings is 1. The molecule has 0 aliphatic carbocycles. The van der Waals surface area contributed by atoms with E-state index < -0.39 is 0 Å². The Morgan fingerprint density at radius 3 is 2.72 bits per heavy atom. The lowest BCUT2D eigenvalue weighted by Gasteiger charge is -2.20. The maximum absolute atomic E-state index is 11.7. The SMILES string of the molecule is CC(Cc1ccco1)NC(=O)CCNC(C)(C)C. The number of nitrogens with one attached hydrogen (secondary N) is 2. The van der Waals surface area contributed by atoms with Crippen LogP contribution in [0, 0.1) is 0 Å². The molecule has 0 fully saturated rings. The third-order valence-corrected chi connectivity index (χ3v) is 2.50. The Balaban J connectivity index is 2.19. The van der Waals surface area contributed by atoms with Crippen LogP contribution in [0.5, 0.6) is 0 Å². The number of carbonyl (C=O) groups is 1. The van der Waals surface area contributed by atoms with Crippen molar-refractivity contribution in [2.75, 3.05) is 6.54 Å². The minimum absolute atomic E-state index is 0.0556. The van der Waals surface area contributed by atoms with E-state index in [9.17, 15) is 4.79 Å². The number of hydrogen-bond acceptors (Lipinski definition) is 3. The molecule has 0 radical (unpaired) electrons. The van der Waals surface area contributed by atoms with Crippen molar-refractivity contribution in [3.05, 3.63) is 24.2 Å². The van der Waals surface area contributed by atoms with Crippen LogP contribution in [0.2, 0.25) is 0 Å². The summed E-state index contributed by atoms with van der Waals surface area (Å²) in [5.41, 5.74) is 0.0556. The van der Waals surface area contributed by atoms with Gasteiger partial charge >= 0.3 is 0 Å². The fourth-order valence-corrected chi connectivity index (χ4v) is 1.68. The summed E-state index contributed by atoms with van der Waals surface area (Å²) in [5.74, 6) is 0.974. The second-order valence-electron chi connectivity index (χ2n) is 5.68. The summed E-state index contributed by atoms with van der Waals surface area (Å²) in [4.78, 5) is 11.7. The van der Waals surface area contributed by atoms with E-state index in [1.807, 2.05) is 19.1 Å². The average molecular weight is 252 g/mol. The number of amides is 1. The first-order valence-corrected chi connectivity index (χ1v) is 6.43. The first kappa shape index (κ1) is 14.8. The van der Waals surface area contributed by atoms with E-state index >= 15 is 0 Å². The molecule has 0 spiro atoms. The van der Waals surface area contributed by atoms with Crippen molar-refractivity contribution < 1.29 is 9.21 Å². The lowest BCUT2D eigenvalue weighted by molar-refractivity contribution is -0.121. The van der Waals surface area contributed by atoms with Gasteiger partial charge in [0.25, 0.3) is 0 Å². The molecule has 0 saturated carbocycles. The van der Waals surface area contributed by atoms with E-state index in [1.165, 1.54) is 0 Å². The van der Waals surface area contributed by atoms with Crippen molar-refractivity contribution in [1.82, 2.24) is 10.6 Å². The van der Waals surface area contributed by atoms with Crippen LogP contribution < -0.4 is 10.6 Å². The minimum Gasteiger partial charge on any atom is -0.469 e. The zero-order valence-electron chi connectivity index (χ0n) is 11.7. The van der Waals surface area contributed by atoms with Gasteiger partial charge in [-0.2, -0.15) is 0 Å². The molecular weight excluding hydrogens is 228 g/mol. The van der Waals surface area contributed by atoms with Crippen molar-refractivity contribution in [3.63, 3.8) is 0 Å². The summed E-state index contributed by atoms with van der Waals surface area (Å²) in [5, 5.41) is 6.26. The quantitative estimate of drug-likeness (QED) is 0.815. The van der Waals surface area contributed by atoms with Gasteiger partial charge in [0.1, 0.15) is 5.76 Å². The van der Waals surface area contributed by atoms with E-state index in [1.54, 1.807) is 6.26 Å². The highest BCUT2D eigenvalue weighted by Crippen LogP contribution is 2.04. The molecule has 1 heterocycles. The van der Waals surface area contributed by atoms with Crippen LogP contribution in [0.3, 0.4) is 0 Å². The highest BCUT2D eigenvalue weighted by molar-refractivity contribution is 5.76. The first-order valence-electron chi connectivity index (χ1n) is 6.43. The number of rotatable bonds is 6. The third kappa shape index (κ3) is 6.45. The van der Waals surface area contributed by atoms with E-state index in [0.29, 0.717) is 13.0 Å². The molecular formula is C14H24N2O2. The standard InChI is InChI=1S/C14H24N2O2/c1-11(10-12-6-5-9-18-12)16-13(17)7-8-15-14(2,3)4/h5-6,9,11,15H,7-8,10H2,1-4H3,(H,16,17). The Kier molecular flexibility index (Phi) is 5.41. The molecule has 0 aliphatic heterocycles. The normalized spacial score (nSPS) is 13.3. The summed E-state index contributed by atoms with van der Waals surface area (Å²) in [7, 11) is 0. The molecule has 1 rings (SSSR count). The highest BCUT2D eigenvalue weighted by atomic mass is 16.3. The smallest absolute Gasteiger partial charge is 0.221 e. The van der Waals surface area contributed by atoms with Crippen molar-refractivity contribution in [2.24, 2.45) is 0 Å². The molecule has 2 N–H and O–H groups in total. The Bertz CT molecular complexity index is 352. The second kappa shape index (κ2) is 6.59. The molecule has 1 aromatic heterocycles. The van der Waals surface area contributed by atoms with Crippen LogP contribution in [-0.4, -0.2) is 24.0 Å². The van der Waals surface area contributed by atoms with Crippen LogP contribution in [-0.2, 0) is 11.2 Å². The lowest BCUT2D eigenvalue weighted by atomic mass is 10.1. The minimum atomic E-state index is 0.0556. The predicted molar refractivity (Wildman–Crippen MR) is 72.4 cm³/mol. The molecule has 1 atom stereocenters. The molecule has 4 heteroatoms. The summed E-state index contributed by atoms with van der Waals surface area (Å²) in [6.07, 6.45) is 2.88. The maximum atomic E-state index is 11.7. The van der Waals surface area contributed by atoms with Gasteiger partial charge in [-0.05, 0) is 39.8 Å². The van der Waals surface area contributed by atoms with Gasteiger partial charge in [0.05, 0.1) is 6.26 Å². The van der Waals surface area contributed by atoms with Crippen LogP contribution in [0.15, 0.2) is 22.8 Å². The first-order chi connectivity index (χ1) is 8.37. The van der Waals surface area contributed by atoms with Gasteiger partial charge in [-0.1, -0.05) is 0 Å². The monoisotopic (exact) mass is 252 g/mol. The van der Waals surface area contributed by atoms with Gasteiger partial charge in [0.15, 0.2) is 0 Å². The summed E-state index contributed by atoms with van der Waals surface area (Å²) in [6.45, 7) is 8.94. The van der Waals surface area contributed by atoms with Gasteiger partial charge in [-0.15, -0.1) is 0 Å². The van der Waals surface area contributed by atoms with E-state index in [0.717, 1.165) is 12.2 Å². The molecule has 18 heavy (non-hydrogen) atoms. The Labute approximate surface area is 109 Å². The van der Waals surface area contributed by atoms with Crippen molar-refractivity contribution >= 4 is 5.91 Å². The fraction of sp³-hybridized carbons (Fsp3) is 0.643. The topological polar surface area (TPSA) is 54.3 Å². The maximum Gasteiger partial charge on any atom is 0.221 e. The van der Waals surface area contributed by atoms with Gasteiger partial charge in [-0.25, -0.2) is 0 Å². The summed E-state index contributed by atoms with van der Waals surface area (Å²) < 4.78 is 5.25. The molecule has 1 amide bonds. The molecule has 1 aromatic rings. The lowest BCUT2D eigenvalue weighted by Crippen LogP contribution is -2.40. The van der Waals surface area contributed by atoms with Gasteiger partial charge in [0.2, 0.25) is 5.91 Å². The number of carbonyl (C=O) groups excluding carboxylic acids is 1. The molecule has 102 valence electrons. The van der Waals surface area contributed by atoms with Crippen molar-refractivity contribution in [3.8, 4) is 0 Å². The number of hydrogen-bond donors (Lipinski definition) is 2. The fourth-order valence-electron chi connectivity index (χ4n) is 1.68. The average Bonchev–Trinajstić information content (AvgIpc) is 2.67. The van der Waals surface area contributed by atoms with Crippen molar-refractivity contribution in [2.45, 2.75) is 52.1 Å². The van der Waals surface area contributed by atoms with Gasteiger partial charge < -0.3 is 15.1 Å². The zero-order valence-corrected chi connectivity index (χ0v) is 11.7. The Hall–Kier alpha value is -1.29. The molecule has 4 nitrogen and oxygen atoms in total. The van der Waals surface area contributed by atoms with Gasteiger partial charge in [-0.3, -0.25) is 4.79 Å². The second-order valence-corrected chi connectivity index (χ2v) is 5.68. The predicted octanol–water partition coefficient (Wildman–Crippen LogP) is 2.10. The molecule has 0 aliphatic rings. The van der Waals surface area contributed by atoms with Crippen LogP contribution >= 0.6 is 0 Å². The van der Waals surface area contributed by atoms with Crippen molar-refractivity contribution in [1.29, 1.82) is 0 Å². The van der Waals surface area contributed by atoms with Crippen LogP contribution in [0.25, 0.3) is 0 Å². The van der Waals surface area contributed by atoms with Gasteiger partial charge in [0, 0.05) is 31.0 Å². The van der Waals surface area contributed by atoms with Crippen LogP contribution in [0.4, 0.5) is 0 Å². The Morgan fingerprint density at radius 2 is 2.17 bits per heavy atom. The molecule has 1 unspecified atom stereocenters. The summed E-state index contributed by atoms with van der Waals surface area (Å²) in [6, 6.07) is 3.87. The Morgan fingerprint density at radius 1 is 1.44 bits per heavy atom. The van der Waals surface area contributed by atoms with E-state index in [2.05, 4.69) is 31.4 Å². The summed E-state index contributed by atoms with van der Waals surface area (Å²) >= 11 is 0. The largest absolute Gasteiger partial charge is 0.469 e. The molecule has 0 bridgehead atoms. The van der Waals surface area contributed by atoms with E-state index in [4.69, 9.17) is 4.42 Å². The van der Waals surface area contributed by atoms with Crippen LogP contribution in [0.1, 0.15) is 39.9 Å². The zero-order chi connectivity index (χ0) is 13.6. The third-order valence-electron chi connectivity index (χ3n) is 2.50. The highest BCUT2D eigenvalue weighted by Gasteiger charge is 2.12.